The molecule has 0 bridgehead atoms. The van der Waals surface area contributed by atoms with Crippen LogP contribution in [-0.4, -0.2) is 26.3 Å². The van der Waals surface area contributed by atoms with Gasteiger partial charge >= 0.3 is 5.97 Å². The largest absolute Gasteiger partial charge is 0.497 e. The number of hydrogen-bond donors (Lipinski definition) is 2. The van der Waals surface area contributed by atoms with E-state index >= 15 is 0 Å². The summed E-state index contributed by atoms with van der Waals surface area (Å²) in [7, 11) is 3.15. The number of hydrogen-bond acceptors (Lipinski definition) is 6. The first-order valence-electron chi connectivity index (χ1n) is 7.54. The van der Waals surface area contributed by atoms with E-state index in [0.29, 0.717) is 34.1 Å². The van der Waals surface area contributed by atoms with Crippen molar-refractivity contribution in [1.82, 2.24) is 0 Å². The van der Waals surface area contributed by atoms with Crippen molar-refractivity contribution in [2.45, 2.75) is 20.0 Å². The molecule has 0 atom stereocenters. The highest BCUT2D eigenvalue weighted by Gasteiger charge is 2.16. The molecule has 0 heterocycles. The Kier molecular flexibility index (Phi) is 5.52. The van der Waals surface area contributed by atoms with Crippen LogP contribution >= 0.6 is 0 Å². The number of carbonyl (C=O) groups is 1. The predicted octanol–water partition coefficient (Wildman–Crippen LogP) is 3.59. The van der Waals surface area contributed by atoms with Gasteiger partial charge in [-0.2, -0.15) is 0 Å². The van der Waals surface area contributed by atoms with Crippen LogP contribution in [0.25, 0.3) is 0 Å². The van der Waals surface area contributed by atoms with Crippen molar-refractivity contribution < 1.29 is 19.0 Å². The number of nitrogen functional groups attached to an aromatic ring is 1. The summed E-state index contributed by atoms with van der Waals surface area (Å²) in [6.45, 7) is 3.59. The zero-order chi connectivity index (χ0) is 17.7. The molecular formula is C18H22N2O4. The van der Waals surface area contributed by atoms with E-state index in [1.165, 1.54) is 0 Å². The third-order valence-corrected chi connectivity index (χ3v) is 3.28. The molecule has 0 fully saturated rings. The highest BCUT2D eigenvalue weighted by molar-refractivity contribution is 5.98. The molecule has 0 amide bonds. The van der Waals surface area contributed by atoms with Gasteiger partial charge in [-0.3, -0.25) is 0 Å². The number of benzene rings is 2. The molecule has 6 heteroatoms. The zero-order valence-corrected chi connectivity index (χ0v) is 14.3. The molecule has 0 aromatic heterocycles. The Balaban J connectivity index is 2.38. The summed E-state index contributed by atoms with van der Waals surface area (Å²) in [6, 6.07) is 10.4. The lowest BCUT2D eigenvalue weighted by molar-refractivity contribution is 0.0379. The van der Waals surface area contributed by atoms with Crippen molar-refractivity contribution in [1.29, 1.82) is 0 Å². The van der Waals surface area contributed by atoms with E-state index in [1.54, 1.807) is 58.4 Å². The number of carbonyl (C=O) groups excluding carboxylic acids is 1. The predicted molar refractivity (Wildman–Crippen MR) is 94.2 cm³/mol. The SMILES string of the molecule is COc1ccc(Nc2ccc(N)cc2C(=O)OC(C)C)c(OC)c1. The first kappa shape index (κ1) is 17.5. The second-order valence-electron chi connectivity index (χ2n) is 5.45. The molecule has 2 rings (SSSR count). The van der Waals surface area contributed by atoms with Gasteiger partial charge in [-0.25, -0.2) is 4.79 Å². The summed E-state index contributed by atoms with van der Waals surface area (Å²) in [5.74, 6) is 0.829. The van der Waals surface area contributed by atoms with Crippen LogP contribution in [0.1, 0.15) is 24.2 Å². The third kappa shape index (κ3) is 4.10. The number of nitrogens with two attached hydrogens (primary N) is 1. The van der Waals surface area contributed by atoms with E-state index in [-0.39, 0.29) is 6.10 Å². The van der Waals surface area contributed by atoms with E-state index in [0.717, 1.165) is 0 Å². The second kappa shape index (κ2) is 7.59. The normalized spacial score (nSPS) is 10.4. The van der Waals surface area contributed by atoms with Crippen molar-refractivity contribution in [3.63, 3.8) is 0 Å². The monoisotopic (exact) mass is 330 g/mol. The average Bonchev–Trinajstić information content (AvgIpc) is 2.56. The fourth-order valence-electron chi connectivity index (χ4n) is 2.16. The van der Waals surface area contributed by atoms with Gasteiger partial charge in [-0.05, 0) is 44.2 Å². The molecule has 0 unspecified atom stereocenters. The van der Waals surface area contributed by atoms with Gasteiger partial charge in [0.2, 0.25) is 0 Å². The summed E-state index contributed by atoms with van der Waals surface area (Å²) in [6.07, 6.45) is -0.220. The highest BCUT2D eigenvalue weighted by atomic mass is 16.5. The standard InChI is InChI=1S/C18H22N2O4/c1-11(2)24-18(21)14-9-12(19)5-7-15(14)20-16-8-6-13(22-3)10-17(16)23-4/h5-11,20H,19H2,1-4H3. The number of rotatable bonds is 6. The minimum Gasteiger partial charge on any atom is -0.497 e. The molecule has 0 saturated carbocycles. The van der Waals surface area contributed by atoms with Gasteiger partial charge in [0.25, 0.3) is 0 Å². The smallest absolute Gasteiger partial charge is 0.340 e. The average molecular weight is 330 g/mol. The Morgan fingerprint density at radius 2 is 1.75 bits per heavy atom. The minimum absolute atomic E-state index is 0.220. The minimum atomic E-state index is -0.438. The highest BCUT2D eigenvalue weighted by Crippen LogP contribution is 2.33. The molecule has 2 aromatic rings. The van der Waals surface area contributed by atoms with Crippen molar-refractivity contribution >= 4 is 23.0 Å². The van der Waals surface area contributed by atoms with Crippen molar-refractivity contribution in [3.8, 4) is 11.5 Å². The van der Waals surface area contributed by atoms with Gasteiger partial charge in [0, 0.05) is 11.8 Å². The van der Waals surface area contributed by atoms with Gasteiger partial charge in [-0.1, -0.05) is 0 Å². The lowest BCUT2D eigenvalue weighted by atomic mass is 10.1. The van der Waals surface area contributed by atoms with Crippen LogP contribution in [-0.2, 0) is 4.74 Å². The Bertz CT molecular complexity index is 729. The van der Waals surface area contributed by atoms with Crippen LogP contribution in [0.4, 0.5) is 17.1 Å². The summed E-state index contributed by atoms with van der Waals surface area (Å²) in [5.41, 5.74) is 7.93. The molecule has 128 valence electrons. The molecule has 0 radical (unpaired) electrons. The lowest BCUT2D eigenvalue weighted by Gasteiger charge is -2.16. The van der Waals surface area contributed by atoms with Gasteiger partial charge in [0.05, 0.1) is 37.3 Å². The first-order valence-corrected chi connectivity index (χ1v) is 7.54. The Morgan fingerprint density at radius 1 is 1.04 bits per heavy atom. The van der Waals surface area contributed by atoms with E-state index in [9.17, 15) is 4.79 Å². The van der Waals surface area contributed by atoms with E-state index in [4.69, 9.17) is 19.9 Å². The van der Waals surface area contributed by atoms with Gasteiger partial charge in [0.1, 0.15) is 11.5 Å². The van der Waals surface area contributed by atoms with Crippen LogP contribution in [0.15, 0.2) is 36.4 Å². The van der Waals surface area contributed by atoms with Gasteiger partial charge in [0.15, 0.2) is 0 Å². The topological polar surface area (TPSA) is 82.8 Å². The maximum absolute atomic E-state index is 12.3. The number of methoxy groups -OCH3 is 2. The quantitative estimate of drug-likeness (QED) is 0.622. The fourth-order valence-corrected chi connectivity index (χ4v) is 2.16. The number of anilines is 3. The molecule has 0 aliphatic rings. The van der Waals surface area contributed by atoms with Crippen molar-refractivity contribution in [2.75, 3.05) is 25.3 Å². The van der Waals surface area contributed by atoms with E-state index in [1.807, 2.05) is 6.07 Å². The van der Waals surface area contributed by atoms with Crippen molar-refractivity contribution in [3.05, 3.63) is 42.0 Å². The number of ether oxygens (including phenoxy) is 3. The van der Waals surface area contributed by atoms with Crippen LogP contribution in [0.3, 0.4) is 0 Å². The fraction of sp³-hybridized carbons (Fsp3) is 0.278. The van der Waals surface area contributed by atoms with Gasteiger partial charge < -0.3 is 25.3 Å². The molecule has 0 aliphatic heterocycles. The van der Waals surface area contributed by atoms with Crippen LogP contribution in [0.2, 0.25) is 0 Å². The first-order chi connectivity index (χ1) is 11.4. The maximum Gasteiger partial charge on any atom is 0.340 e. The third-order valence-electron chi connectivity index (χ3n) is 3.28. The Morgan fingerprint density at radius 3 is 2.38 bits per heavy atom. The molecule has 6 nitrogen and oxygen atoms in total. The maximum atomic E-state index is 12.3. The summed E-state index contributed by atoms with van der Waals surface area (Å²) in [5, 5.41) is 3.19. The molecule has 0 aliphatic carbocycles. The lowest BCUT2D eigenvalue weighted by Crippen LogP contribution is -2.13. The zero-order valence-electron chi connectivity index (χ0n) is 14.3. The Labute approximate surface area is 141 Å². The molecule has 3 N–H and O–H groups in total. The molecule has 2 aromatic carbocycles. The second-order valence-corrected chi connectivity index (χ2v) is 5.45. The van der Waals surface area contributed by atoms with Crippen LogP contribution < -0.4 is 20.5 Å². The molecule has 24 heavy (non-hydrogen) atoms. The van der Waals surface area contributed by atoms with E-state index < -0.39 is 5.97 Å². The number of nitrogens with one attached hydrogen (secondary N) is 1. The molecule has 0 saturated heterocycles. The van der Waals surface area contributed by atoms with Crippen LogP contribution in [0, 0.1) is 0 Å². The molecular weight excluding hydrogens is 308 g/mol. The van der Waals surface area contributed by atoms with Crippen LogP contribution in [0.5, 0.6) is 11.5 Å². The Hall–Kier alpha value is -2.89. The van der Waals surface area contributed by atoms with E-state index in [2.05, 4.69) is 5.32 Å². The molecule has 0 spiro atoms. The van der Waals surface area contributed by atoms with Gasteiger partial charge in [-0.15, -0.1) is 0 Å². The van der Waals surface area contributed by atoms with Crippen molar-refractivity contribution in [2.24, 2.45) is 0 Å². The summed E-state index contributed by atoms with van der Waals surface area (Å²) < 4.78 is 15.8. The summed E-state index contributed by atoms with van der Waals surface area (Å²) >= 11 is 0. The number of esters is 1. The summed E-state index contributed by atoms with van der Waals surface area (Å²) in [4.78, 5) is 12.3.